The average Bonchev–Trinajstić information content (AvgIpc) is 2.56. The van der Waals surface area contributed by atoms with Crippen molar-refractivity contribution in [3.63, 3.8) is 0 Å². The summed E-state index contributed by atoms with van der Waals surface area (Å²) in [6.07, 6.45) is 14.2. The first-order chi connectivity index (χ1) is 10.3. The third-order valence-electron chi connectivity index (χ3n) is 5.37. The van der Waals surface area contributed by atoms with Crippen LogP contribution in [-0.2, 0) is 6.54 Å². The zero-order chi connectivity index (χ0) is 14.5. The Balaban J connectivity index is 1.72. The van der Waals surface area contributed by atoms with E-state index >= 15 is 0 Å². The highest BCUT2D eigenvalue weighted by Gasteiger charge is 2.28. The van der Waals surface area contributed by atoms with Gasteiger partial charge in [-0.2, -0.15) is 0 Å². The second-order valence-corrected chi connectivity index (χ2v) is 7.32. The van der Waals surface area contributed by atoms with Crippen LogP contribution in [0.5, 0.6) is 0 Å². The molecule has 0 bridgehead atoms. The number of hydrogen-bond donors (Lipinski definition) is 0. The SMILES string of the molecule is Clc1ccc(CN(C2CCCCC2)C2CCCCC2)cc1. The molecule has 2 fully saturated rings. The van der Waals surface area contributed by atoms with E-state index in [1.807, 2.05) is 12.1 Å². The minimum absolute atomic E-state index is 0.817. The Morgan fingerprint density at radius 1 is 0.762 bits per heavy atom. The Morgan fingerprint density at radius 3 is 1.71 bits per heavy atom. The fourth-order valence-corrected chi connectivity index (χ4v) is 4.31. The molecule has 0 unspecified atom stereocenters. The van der Waals surface area contributed by atoms with E-state index in [4.69, 9.17) is 11.6 Å². The second kappa shape index (κ2) is 7.65. The highest BCUT2D eigenvalue weighted by Crippen LogP contribution is 2.31. The van der Waals surface area contributed by atoms with Gasteiger partial charge < -0.3 is 0 Å². The number of hydrogen-bond acceptors (Lipinski definition) is 1. The first-order valence-electron chi connectivity index (χ1n) is 8.83. The van der Waals surface area contributed by atoms with E-state index < -0.39 is 0 Å². The molecule has 0 atom stereocenters. The fraction of sp³-hybridized carbons (Fsp3) is 0.684. The maximum Gasteiger partial charge on any atom is 0.0406 e. The molecule has 0 spiro atoms. The van der Waals surface area contributed by atoms with Gasteiger partial charge in [-0.1, -0.05) is 62.3 Å². The standard InChI is InChI=1S/C19H28ClN/c20-17-13-11-16(12-14-17)15-21(18-7-3-1-4-8-18)19-9-5-2-6-10-19/h11-14,18-19H,1-10,15H2. The van der Waals surface area contributed by atoms with Crippen LogP contribution in [0.4, 0.5) is 0 Å². The Kier molecular flexibility index (Phi) is 5.60. The molecule has 3 rings (SSSR count). The van der Waals surface area contributed by atoms with E-state index in [9.17, 15) is 0 Å². The van der Waals surface area contributed by atoms with E-state index in [-0.39, 0.29) is 0 Å². The summed E-state index contributed by atoms with van der Waals surface area (Å²) in [6, 6.07) is 10.1. The van der Waals surface area contributed by atoms with Gasteiger partial charge in [-0.05, 0) is 43.4 Å². The zero-order valence-corrected chi connectivity index (χ0v) is 13.8. The second-order valence-electron chi connectivity index (χ2n) is 6.88. The molecule has 1 aromatic carbocycles. The number of rotatable bonds is 4. The summed E-state index contributed by atoms with van der Waals surface area (Å²) >= 11 is 6.03. The van der Waals surface area contributed by atoms with Crippen LogP contribution in [0.25, 0.3) is 0 Å². The maximum atomic E-state index is 6.03. The summed E-state index contributed by atoms with van der Waals surface area (Å²) in [5.41, 5.74) is 1.43. The van der Waals surface area contributed by atoms with Crippen molar-refractivity contribution in [1.82, 2.24) is 4.90 Å². The van der Waals surface area contributed by atoms with Crippen molar-refractivity contribution in [2.75, 3.05) is 0 Å². The molecular weight excluding hydrogens is 278 g/mol. The van der Waals surface area contributed by atoms with Crippen LogP contribution in [0.15, 0.2) is 24.3 Å². The van der Waals surface area contributed by atoms with Crippen molar-refractivity contribution in [2.45, 2.75) is 82.8 Å². The molecule has 2 saturated carbocycles. The largest absolute Gasteiger partial charge is 0.293 e. The van der Waals surface area contributed by atoms with E-state index in [1.165, 1.54) is 69.8 Å². The van der Waals surface area contributed by atoms with Crippen molar-refractivity contribution in [2.24, 2.45) is 0 Å². The van der Waals surface area contributed by atoms with Crippen LogP contribution >= 0.6 is 11.6 Å². The highest BCUT2D eigenvalue weighted by atomic mass is 35.5. The lowest BCUT2D eigenvalue weighted by Gasteiger charge is -2.41. The number of nitrogens with zero attached hydrogens (tertiary/aromatic N) is 1. The lowest BCUT2D eigenvalue weighted by molar-refractivity contribution is 0.0731. The van der Waals surface area contributed by atoms with Crippen LogP contribution in [0.1, 0.15) is 69.8 Å². The predicted octanol–water partition coefficient (Wildman–Crippen LogP) is 5.81. The van der Waals surface area contributed by atoms with Gasteiger partial charge in [-0.25, -0.2) is 0 Å². The molecule has 2 heteroatoms. The summed E-state index contributed by atoms with van der Waals surface area (Å²) in [7, 11) is 0. The topological polar surface area (TPSA) is 3.24 Å². The van der Waals surface area contributed by atoms with Gasteiger partial charge >= 0.3 is 0 Å². The fourth-order valence-electron chi connectivity index (χ4n) is 4.18. The smallest absolute Gasteiger partial charge is 0.0406 e. The van der Waals surface area contributed by atoms with Crippen LogP contribution in [0, 0.1) is 0 Å². The molecule has 0 heterocycles. The molecule has 0 radical (unpaired) electrons. The van der Waals surface area contributed by atoms with Gasteiger partial charge in [0.1, 0.15) is 0 Å². The van der Waals surface area contributed by atoms with Gasteiger partial charge in [0.05, 0.1) is 0 Å². The Bertz CT molecular complexity index is 398. The van der Waals surface area contributed by atoms with Crippen molar-refractivity contribution < 1.29 is 0 Å². The zero-order valence-electron chi connectivity index (χ0n) is 13.1. The van der Waals surface area contributed by atoms with Gasteiger partial charge in [0.2, 0.25) is 0 Å². The van der Waals surface area contributed by atoms with Crippen molar-refractivity contribution in [3.8, 4) is 0 Å². The predicted molar refractivity (Wildman–Crippen MR) is 90.7 cm³/mol. The van der Waals surface area contributed by atoms with Crippen LogP contribution in [0.2, 0.25) is 5.02 Å². The summed E-state index contributed by atoms with van der Waals surface area (Å²) in [5.74, 6) is 0. The first-order valence-corrected chi connectivity index (χ1v) is 9.21. The molecule has 0 N–H and O–H groups in total. The van der Waals surface area contributed by atoms with E-state index in [2.05, 4.69) is 17.0 Å². The van der Waals surface area contributed by atoms with Gasteiger partial charge in [0.15, 0.2) is 0 Å². The monoisotopic (exact) mass is 305 g/mol. The Labute approximate surface area is 134 Å². The molecule has 21 heavy (non-hydrogen) atoms. The minimum Gasteiger partial charge on any atom is -0.293 e. The Hall–Kier alpha value is -0.530. The number of benzene rings is 1. The molecule has 1 aromatic rings. The summed E-state index contributed by atoms with van der Waals surface area (Å²) in [6.45, 7) is 1.12. The van der Waals surface area contributed by atoms with Crippen molar-refractivity contribution in [3.05, 3.63) is 34.9 Å². The lowest BCUT2D eigenvalue weighted by Crippen LogP contribution is -2.44. The molecule has 2 aliphatic rings. The molecule has 116 valence electrons. The lowest BCUT2D eigenvalue weighted by atomic mass is 9.88. The van der Waals surface area contributed by atoms with E-state index in [0.717, 1.165) is 23.7 Å². The minimum atomic E-state index is 0.817. The summed E-state index contributed by atoms with van der Waals surface area (Å²) in [5, 5.41) is 0.848. The molecule has 1 nitrogen and oxygen atoms in total. The molecular formula is C19H28ClN. The molecule has 2 aliphatic carbocycles. The normalized spacial score (nSPS) is 21.8. The summed E-state index contributed by atoms with van der Waals surface area (Å²) in [4.78, 5) is 2.85. The molecule has 0 amide bonds. The van der Waals surface area contributed by atoms with Gasteiger partial charge in [-0.3, -0.25) is 4.90 Å². The highest BCUT2D eigenvalue weighted by molar-refractivity contribution is 6.30. The summed E-state index contributed by atoms with van der Waals surface area (Å²) < 4.78 is 0. The van der Waals surface area contributed by atoms with Crippen molar-refractivity contribution in [1.29, 1.82) is 0 Å². The maximum absolute atomic E-state index is 6.03. The molecule has 0 saturated heterocycles. The van der Waals surface area contributed by atoms with Crippen LogP contribution < -0.4 is 0 Å². The number of halogens is 1. The third-order valence-corrected chi connectivity index (χ3v) is 5.62. The van der Waals surface area contributed by atoms with Gasteiger partial charge in [0, 0.05) is 23.7 Å². The van der Waals surface area contributed by atoms with Crippen LogP contribution in [0.3, 0.4) is 0 Å². The van der Waals surface area contributed by atoms with E-state index in [0.29, 0.717) is 0 Å². The van der Waals surface area contributed by atoms with Gasteiger partial charge in [-0.15, -0.1) is 0 Å². The Morgan fingerprint density at radius 2 is 1.24 bits per heavy atom. The molecule has 0 aromatic heterocycles. The van der Waals surface area contributed by atoms with Crippen molar-refractivity contribution >= 4 is 11.6 Å². The van der Waals surface area contributed by atoms with Gasteiger partial charge in [0.25, 0.3) is 0 Å². The molecule has 0 aliphatic heterocycles. The van der Waals surface area contributed by atoms with Crippen LogP contribution in [-0.4, -0.2) is 17.0 Å². The quantitative estimate of drug-likeness (QED) is 0.678. The first kappa shape index (κ1) is 15.4. The average molecular weight is 306 g/mol. The van der Waals surface area contributed by atoms with E-state index in [1.54, 1.807) is 0 Å². The third kappa shape index (κ3) is 4.23.